The van der Waals surface area contributed by atoms with Crippen molar-refractivity contribution >= 4 is 17.5 Å². The number of carbonyl (C=O) groups excluding carboxylic acids is 1. The van der Waals surface area contributed by atoms with Crippen molar-refractivity contribution in [3.63, 3.8) is 0 Å². The molecular formula is C21H22N2O2S. The fourth-order valence-corrected chi connectivity index (χ4v) is 3.43. The lowest BCUT2D eigenvalue weighted by molar-refractivity contribution is 0.102. The summed E-state index contributed by atoms with van der Waals surface area (Å²) in [5.74, 6) is 0.860. The second kappa shape index (κ2) is 8.32. The van der Waals surface area contributed by atoms with Gasteiger partial charge in [-0.1, -0.05) is 55.4 Å². The summed E-state index contributed by atoms with van der Waals surface area (Å²) in [5, 5.41) is 8.57. The van der Waals surface area contributed by atoms with Crippen LogP contribution in [0.3, 0.4) is 0 Å². The molecule has 0 saturated heterocycles. The fraction of sp³-hybridized carbons (Fsp3) is 0.286. The molecule has 2 aromatic carbocycles. The standard InChI is InChI=1S/C21H22N2O2S/c1-4-15-9-10-16(5-2)18(12-15)19(24)13-26-21-23-22-20(25-21)17-8-6-7-14(3)11-17/h6-12H,4-5,13H2,1-3H3. The van der Waals surface area contributed by atoms with Crippen LogP contribution >= 0.6 is 11.8 Å². The van der Waals surface area contributed by atoms with Crippen molar-refractivity contribution < 1.29 is 9.21 Å². The molecule has 0 fully saturated rings. The average Bonchev–Trinajstić information content (AvgIpc) is 3.14. The maximum atomic E-state index is 12.7. The van der Waals surface area contributed by atoms with E-state index in [2.05, 4.69) is 36.2 Å². The van der Waals surface area contributed by atoms with Crippen LogP contribution in [0, 0.1) is 6.92 Å². The summed E-state index contributed by atoms with van der Waals surface area (Å²) in [4.78, 5) is 12.7. The number of carbonyl (C=O) groups is 1. The lowest BCUT2D eigenvalue weighted by atomic mass is 9.98. The molecule has 3 aromatic rings. The van der Waals surface area contributed by atoms with E-state index >= 15 is 0 Å². The van der Waals surface area contributed by atoms with Crippen LogP contribution in [0.25, 0.3) is 11.5 Å². The monoisotopic (exact) mass is 366 g/mol. The van der Waals surface area contributed by atoms with Gasteiger partial charge in [-0.25, -0.2) is 0 Å². The van der Waals surface area contributed by atoms with Crippen molar-refractivity contribution in [1.29, 1.82) is 0 Å². The predicted molar refractivity (Wildman–Crippen MR) is 105 cm³/mol. The van der Waals surface area contributed by atoms with Crippen molar-refractivity contribution in [1.82, 2.24) is 10.2 Å². The maximum Gasteiger partial charge on any atom is 0.277 e. The number of hydrogen-bond acceptors (Lipinski definition) is 5. The van der Waals surface area contributed by atoms with E-state index in [9.17, 15) is 4.79 Å². The molecule has 0 radical (unpaired) electrons. The summed E-state index contributed by atoms with van der Waals surface area (Å²) < 4.78 is 5.70. The Hall–Kier alpha value is -2.40. The van der Waals surface area contributed by atoms with Gasteiger partial charge in [0.05, 0.1) is 5.75 Å². The van der Waals surface area contributed by atoms with Gasteiger partial charge in [-0.05, 0) is 49.1 Å². The average molecular weight is 366 g/mol. The van der Waals surface area contributed by atoms with Gasteiger partial charge >= 0.3 is 0 Å². The van der Waals surface area contributed by atoms with Gasteiger partial charge in [-0.15, -0.1) is 10.2 Å². The molecule has 1 aromatic heterocycles. The van der Waals surface area contributed by atoms with Gasteiger partial charge in [0.2, 0.25) is 5.89 Å². The van der Waals surface area contributed by atoms with Gasteiger partial charge in [-0.2, -0.15) is 0 Å². The molecule has 0 unspecified atom stereocenters. The minimum Gasteiger partial charge on any atom is -0.411 e. The fourth-order valence-electron chi connectivity index (χ4n) is 2.78. The van der Waals surface area contributed by atoms with Crippen LogP contribution in [0.15, 0.2) is 52.1 Å². The molecule has 1 heterocycles. The molecule has 4 nitrogen and oxygen atoms in total. The third-order valence-corrected chi connectivity index (χ3v) is 5.08. The zero-order chi connectivity index (χ0) is 18.5. The zero-order valence-electron chi connectivity index (χ0n) is 15.3. The number of thioether (sulfide) groups is 1. The summed E-state index contributed by atoms with van der Waals surface area (Å²) >= 11 is 1.29. The molecule has 134 valence electrons. The van der Waals surface area contributed by atoms with E-state index < -0.39 is 0 Å². The van der Waals surface area contributed by atoms with Gasteiger partial charge in [-0.3, -0.25) is 4.79 Å². The van der Waals surface area contributed by atoms with Crippen LogP contribution in [0.2, 0.25) is 0 Å². The first-order chi connectivity index (χ1) is 12.6. The quantitative estimate of drug-likeness (QED) is 0.428. The van der Waals surface area contributed by atoms with Crippen molar-refractivity contribution in [3.8, 4) is 11.5 Å². The molecule has 0 aliphatic rings. The first-order valence-electron chi connectivity index (χ1n) is 8.79. The Kier molecular flexibility index (Phi) is 5.89. The van der Waals surface area contributed by atoms with E-state index in [0.717, 1.165) is 35.1 Å². The van der Waals surface area contributed by atoms with Crippen LogP contribution in [-0.4, -0.2) is 21.7 Å². The molecule has 3 rings (SSSR count). The third kappa shape index (κ3) is 4.22. The number of Topliss-reactive ketones (excluding diaryl/α,β-unsaturated/α-hetero) is 1. The number of aromatic nitrogens is 2. The van der Waals surface area contributed by atoms with E-state index in [4.69, 9.17) is 4.42 Å². The highest BCUT2D eigenvalue weighted by Gasteiger charge is 2.15. The first kappa shape index (κ1) is 18.4. The molecule has 0 saturated carbocycles. The van der Waals surface area contributed by atoms with Crippen molar-refractivity contribution in [2.24, 2.45) is 0 Å². The third-order valence-electron chi connectivity index (χ3n) is 4.26. The molecule has 0 N–H and O–H groups in total. The highest BCUT2D eigenvalue weighted by Crippen LogP contribution is 2.25. The smallest absolute Gasteiger partial charge is 0.277 e. The SMILES string of the molecule is CCc1ccc(CC)c(C(=O)CSc2nnc(-c3cccc(C)c3)o2)c1. The van der Waals surface area contributed by atoms with Crippen molar-refractivity contribution in [2.75, 3.05) is 5.75 Å². The van der Waals surface area contributed by atoms with E-state index in [1.807, 2.05) is 37.3 Å². The van der Waals surface area contributed by atoms with Crippen LogP contribution in [0.1, 0.15) is 40.9 Å². The molecular weight excluding hydrogens is 344 g/mol. The van der Waals surface area contributed by atoms with Crippen LogP contribution < -0.4 is 0 Å². The molecule has 26 heavy (non-hydrogen) atoms. The number of ketones is 1. The van der Waals surface area contributed by atoms with Gasteiger partial charge in [0.15, 0.2) is 5.78 Å². The topological polar surface area (TPSA) is 56.0 Å². The molecule has 0 atom stereocenters. The van der Waals surface area contributed by atoms with Crippen LogP contribution in [-0.2, 0) is 12.8 Å². The largest absolute Gasteiger partial charge is 0.411 e. The Bertz CT molecular complexity index is 918. The van der Waals surface area contributed by atoms with Gasteiger partial charge in [0.1, 0.15) is 0 Å². The number of nitrogens with zero attached hydrogens (tertiary/aromatic N) is 2. The van der Waals surface area contributed by atoms with Gasteiger partial charge in [0.25, 0.3) is 5.22 Å². The summed E-state index contributed by atoms with van der Waals surface area (Å²) in [7, 11) is 0. The lowest BCUT2D eigenvalue weighted by Crippen LogP contribution is -2.07. The van der Waals surface area contributed by atoms with E-state index in [0.29, 0.717) is 11.1 Å². The molecule has 0 spiro atoms. The van der Waals surface area contributed by atoms with E-state index in [1.165, 1.54) is 17.3 Å². The van der Waals surface area contributed by atoms with Crippen LogP contribution in [0.4, 0.5) is 0 Å². The Labute approximate surface area is 158 Å². The second-order valence-corrected chi connectivity index (χ2v) is 7.08. The Balaban J connectivity index is 1.71. The molecule has 0 aliphatic heterocycles. The maximum absolute atomic E-state index is 12.7. The van der Waals surface area contributed by atoms with E-state index in [-0.39, 0.29) is 11.5 Å². The molecule has 0 amide bonds. The summed E-state index contributed by atoms with van der Waals surface area (Å²) in [6.45, 7) is 6.18. The number of benzene rings is 2. The summed E-state index contributed by atoms with van der Waals surface area (Å²) in [6, 6.07) is 14.1. The van der Waals surface area contributed by atoms with E-state index in [1.54, 1.807) is 0 Å². The highest BCUT2D eigenvalue weighted by molar-refractivity contribution is 7.99. The second-order valence-electron chi connectivity index (χ2n) is 6.15. The van der Waals surface area contributed by atoms with Crippen molar-refractivity contribution in [2.45, 2.75) is 38.8 Å². The molecule has 5 heteroatoms. The Morgan fingerprint density at radius 2 is 1.92 bits per heavy atom. The summed E-state index contributed by atoms with van der Waals surface area (Å²) in [5.41, 5.74) is 5.08. The van der Waals surface area contributed by atoms with Crippen LogP contribution in [0.5, 0.6) is 0 Å². The Morgan fingerprint density at radius 1 is 1.08 bits per heavy atom. The Morgan fingerprint density at radius 3 is 2.65 bits per heavy atom. The van der Waals surface area contributed by atoms with Crippen molar-refractivity contribution in [3.05, 3.63) is 64.7 Å². The van der Waals surface area contributed by atoms with Gasteiger partial charge in [0, 0.05) is 11.1 Å². The minimum atomic E-state index is 0.0949. The predicted octanol–water partition coefficient (Wildman–Crippen LogP) is 5.14. The first-order valence-corrected chi connectivity index (χ1v) is 9.77. The highest BCUT2D eigenvalue weighted by atomic mass is 32.2. The number of rotatable bonds is 7. The lowest BCUT2D eigenvalue weighted by Gasteiger charge is -2.08. The summed E-state index contributed by atoms with van der Waals surface area (Å²) in [6.07, 6.45) is 1.76. The number of aryl methyl sites for hydroxylation is 3. The molecule has 0 bridgehead atoms. The van der Waals surface area contributed by atoms with Gasteiger partial charge < -0.3 is 4.42 Å². The zero-order valence-corrected chi connectivity index (χ0v) is 16.1. The normalized spacial score (nSPS) is 10.9. The molecule has 0 aliphatic carbocycles. The minimum absolute atomic E-state index is 0.0949. The number of hydrogen-bond donors (Lipinski definition) is 0.